The molecule has 2 atom stereocenters. The Morgan fingerprint density at radius 1 is 1.08 bits per heavy atom. The summed E-state index contributed by atoms with van der Waals surface area (Å²) in [6, 6.07) is 17.2. The lowest BCUT2D eigenvalue weighted by atomic mass is 9.96. The first-order valence-corrected chi connectivity index (χ1v) is 9.15. The Kier molecular flexibility index (Phi) is 7.32. The Labute approximate surface area is 155 Å². The number of para-hydroxylation sites is 1. The van der Waals surface area contributed by atoms with Crippen LogP contribution in [0, 0.1) is 5.92 Å². The third-order valence-corrected chi connectivity index (χ3v) is 4.31. The number of hydrogen-bond acceptors (Lipinski definition) is 2. The normalized spacial score (nSPS) is 13.3. The van der Waals surface area contributed by atoms with Crippen molar-refractivity contribution < 1.29 is 9.53 Å². The van der Waals surface area contributed by atoms with E-state index in [2.05, 4.69) is 19.2 Å². The molecule has 0 fully saturated rings. The van der Waals surface area contributed by atoms with Crippen LogP contribution in [0.15, 0.2) is 54.6 Å². The summed E-state index contributed by atoms with van der Waals surface area (Å²) >= 11 is 6.14. The molecule has 2 unspecified atom stereocenters. The summed E-state index contributed by atoms with van der Waals surface area (Å²) in [5.74, 6) is 0.887. The molecule has 134 valence electrons. The quantitative estimate of drug-likeness (QED) is 0.685. The summed E-state index contributed by atoms with van der Waals surface area (Å²) in [5.41, 5.74) is 1.11. The van der Waals surface area contributed by atoms with Crippen molar-refractivity contribution in [3.05, 3.63) is 65.2 Å². The summed E-state index contributed by atoms with van der Waals surface area (Å²) in [4.78, 5) is 12.8. The minimum atomic E-state index is -0.571. The highest BCUT2D eigenvalue weighted by atomic mass is 35.5. The molecule has 3 nitrogen and oxygen atoms in total. The van der Waals surface area contributed by atoms with Crippen LogP contribution < -0.4 is 10.1 Å². The molecule has 0 radical (unpaired) electrons. The molecule has 2 aromatic carbocycles. The topological polar surface area (TPSA) is 38.3 Å². The lowest BCUT2D eigenvalue weighted by Gasteiger charge is -2.24. The van der Waals surface area contributed by atoms with Gasteiger partial charge in [-0.2, -0.15) is 0 Å². The zero-order chi connectivity index (χ0) is 18.2. The van der Waals surface area contributed by atoms with E-state index in [1.807, 2.05) is 49.4 Å². The van der Waals surface area contributed by atoms with Crippen LogP contribution in [0.2, 0.25) is 5.02 Å². The molecule has 4 heteroatoms. The van der Waals surface area contributed by atoms with Gasteiger partial charge in [0.2, 0.25) is 0 Å². The van der Waals surface area contributed by atoms with Gasteiger partial charge in [-0.15, -0.1) is 0 Å². The molecule has 2 aromatic rings. The van der Waals surface area contributed by atoms with Gasteiger partial charge in [0.15, 0.2) is 6.10 Å². The van der Waals surface area contributed by atoms with E-state index in [9.17, 15) is 4.79 Å². The summed E-state index contributed by atoms with van der Waals surface area (Å²) in [7, 11) is 0. The summed E-state index contributed by atoms with van der Waals surface area (Å²) in [6.45, 7) is 6.24. The Bertz CT molecular complexity index is 673. The average molecular weight is 360 g/mol. The monoisotopic (exact) mass is 359 g/mol. The molecule has 0 saturated heterocycles. The summed E-state index contributed by atoms with van der Waals surface area (Å²) in [5, 5.41) is 3.66. The van der Waals surface area contributed by atoms with Crippen molar-refractivity contribution in [3.8, 4) is 5.75 Å². The SMILES string of the molecule is CCC(Oc1ccccc1Cl)C(=O)NC(CC(C)C)c1ccccc1. The number of rotatable bonds is 8. The van der Waals surface area contributed by atoms with E-state index < -0.39 is 6.10 Å². The highest BCUT2D eigenvalue weighted by molar-refractivity contribution is 6.32. The first-order valence-electron chi connectivity index (χ1n) is 8.77. The Morgan fingerprint density at radius 3 is 2.32 bits per heavy atom. The molecule has 1 N–H and O–H groups in total. The molecule has 0 heterocycles. The molecule has 2 rings (SSSR count). The number of ether oxygens (including phenoxy) is 1. The standard InChI is InChI=1S/C21H26ClNO2/c1-4-19(25-20-13-9-8-12-17(20)22)21(24)23-18(14-15(2)3)16-10-6-5-7-11-16/h5-13,15,18-19H,4,14H2,1-3H3,(H,23,24). The van der Waals surface area contributed by atoms with Gasteiger partial charge >= 0.3 is 0 Å². The molecular formula is C21H26ClNO2. The van der Waals surface area contributed by atoms with Crippen LogP contribution in [0.1, 0.15) is 45.2 Å². The van der Waals surface area contributed by atoms with E-state index in [0.29, 0.717) is 23.1 Å². The fourth-order valence-corrected chi connectivity index (χ4v) is 2.90. The van der Waals surface area contributed by atoms with Crippen molar-refractivity contribution >= 4 is 17.5 Å². The molecule has 0 aliphatic rings. The van der Waals surface area contributed by atoms with Crippen LogP contribution in [0.4, 0.5) is 0 Å². The summed E-state index contributed by atoms with van der Waals surface area (Å²) in [6.07, 6.45) is 0.872. The lowest BCUT2D eigenvalue weighted by molar-refractivity contribution is -0.129. The highest BCUT2D eigenvalue weighted by Crippen LogP contribution is 2.26. The van der Waals surface area contributed by atoms with Crippen LogP contribution in [0.3, 0.4) is 0 Å². The molecular weight excluding hydrogens is 334 g/mol. The number of halogens is 1. The number of nitrogens with one attached hydrogen (secondary N) is 1. The van der Waals surface area contributed by atoms with Gasteiger partial charge in [-0.25, -0.2) is 0 Å². The van der Waals surface area contributed by atoms with Gasteiger partial charge in [-0.3, -0.25) is 4.79 Å². The first-order chi connectivity index (χ1) is 12.0. The number of benzene rings is 2. The van der Waals surface area contributed by atoms with Crippen molar-refractivity contribution in [1.82, 2.24) is 5.32 Å². The lowest BCUT2D eigenvalue weighted by Crippen LogP contribution is -2.40. The molecule has 0 aromatic heterocycles. The maximum atomic E-state index is 12.8. The van der Waals surface area contributed by atoms with E-state index in [0.717, 1.165) is 12.0 Å². The van der Waals surface area contributed by atoms with E-state index >= 15 is 0 Å². The minimum absolute atomic E-state index is 0.0300. The third-order valence-electron chi connectivity index (χ3n) is 3.99. The molecule has 0 aliphatic heterocycles. The Morgan fingerprint density at radius 2 is 1.72 bits per heavy atom. The maximum Gasteiger partial charge on any atom is 0.261 e. The van der Waals surface area contributed by atoms with Crippen molar-refractivity contribution in [1.29, 1.82) is 0 Å². The van der Waals surface area contributed by atoms with Crippen molar-refractivity contribution in [2.24, 2.45) is 5.92 Å². The number of carbonyl (C=O) groups is 1. The van der Waals surface area contributed by atoms with E-state index in [1.165, 1.54) is 0 Å². The van der Waals surface area contributed by atoms with Gasteiger partial charge in [0, 0.05) is 0 Å². The number of carbonyl (C=O) groups excluding carboxylic acids is 1. The molecule has 25 heavy (non-hydrogen) atoms. The third kappa shape index (κ3) is 5.79. The van der Waals surface area contributed by atoms with E-state index in [4.69, 9.17) is 16.3 Å². The van der Waals surface area contributed by atoms with Crippen molar-refractivity contribution in [2.75, 3.05) is 0 Å². The van der Waals surface area contributed by atoms with Gasteiger partial charge < -0.3 is 10.1 Å². The van der Waals surface area contributed by atoms with Gasteiger partial charge in [0.25, 0.3) is 5.91 Å². The van der Waals surface area contributed by atoms with Gasteiger partial charge in [-0.05, 0) is 36.5 Å². The molecule has 1 amide bonds. The van der Waals surface area contributed by atoms with Crippen LogP contribution in [-0.4, -0.2) is 12.0 Å². The molecule has 0 bridgehead atoms. The second-order valence-corrected chi connectivity index (χ2v) is 6.95. The molecule has 0 saturated carbocycles. The average Bonchev–Trinajstić information content (AvgIpc) is 2.60. The predicted molar refractivity (Wildman–Crippen MR) is 103 cm³/mol. The van der Waals surface area contributed by atoms with Gasteiger partial charge in [0.05, 0.1) is 11.1 Å². The van der Waals surface area contributed by atoms with Crippen LogP contribution in [0.25, 0.3) is 0 Å². The van der Waals surface area contributed by atoms with E-state index in [1.54, 1.807) is 12.1 Å². The zero-order valence-corrected chi connectivity index (χ0v) is 15.8. The van der Waals surface area contributed by atoms with Crippen molar-refractivity contribution in [3.63, 3.8) is 0 Å². The maximum absolute atomic E-state index is 12.8. The van der Waals surface area contributed by atoms with E-state index in [-0.39, 0.29) is 11.9 Å². The predicted octanol–water partition coefficient (Wildman–Crippen LogP) is 5.40. The minimum Gasteiger partial charge on any atom is -0.479 e. The van der Waals surface area contributed by atoms with Gasteiger partial charge in [-0.1, -0.05) is 74.8 Å². The van der Waals surface area contributed by atoms with Crippen LogP contribution in [-0.2, 0) is 4.79 Å². The van der Waals surface area contributed by atoms with Crippen LogP contribution >= 0.6 is 11.6 Å². The molecule has 0 spiro atoms. The first kappa shape index (κ1) is 19.3. The fourth-order valence-electron chi connectivity index (χ4n) is 2.72. The zero-order valence-electron chi connectivity index (χ0n) is 15.0. The largest absolute Gasteiger partial charge is 0.479 e. The van der Waals surface area contributed by atoms with Crippen molar-refractivity contribution in [2.45, 2.75) is 45.8 Å². The Balaban J connectivity index is 2.11. The highest BCUT2D eigenvalue weighted by Gasteiger charge is 2.23. The van der Waals surface area contributed by atoms with Crippen LogP contribution in [0.5, 0.6) is 5.75 Å². The summed E-state index contributed by atoms with van der Waals surface area (Å²) < 4.78 is 5.85. The molecule has 0 aliphatic carbocycles. The number of amides is 1. The number of hydrogen-bond donors (Lipinski definition) is 1. The second-order valence-electron chi connectivity index (χ2n) is 6.55. The van der Waals surface area contributed by atoms with Gasteiger partial charge in [0.1, 0.15) is 5.75 Å². The smallest absolute Gasteiger partial charge is 0.261 e. The fraction of sp³-hybridized carbons (Fsp3) is 0.381. The Hall–Kier alpha value is -2.00. The second kappa shape index (κ2) is 9.47.